The number of carbonyl (C=O) groups excluding carboxylic acids is 1. The molecule has 0 aliphatic carbocycles. The van der Waals surface area contributed by atoms with Gasteiger partial charge >= 0.3 is 0 Å². The van der Waals surface area contributed by atoms with Crippen LogP contribution in [0.4, 0.5) is 0 Å². The molecular weight excluding hydrogens is 186 g/mol. The summed E-state index contributed by atoms with van der Waals surface area (Å²) in [5.74, 6) is 1.19. The number of ketones is 1. The number of Topliss-reactive ketones (excluding diaryl/α,β-unsaturated/α-hetero) is 1. The van der Waals surface area contributed by atoms with E-state index in [1.807, 2.05) is 20.8 Å². The monoisotopic (exact) mass is 211 g/mol. The Balaban J connectivity index is 2.41. The molecule has 1 unspecified atom stereocenters. The smallest absolute Gasteiger partial charge is 0.152 e. The molecule has 0 aromatic rings. The largest absolute Gasteiger partial charge is 0.298 e. The first-order valence-electron chi connectivity index (χ1n) is 6.19. The van der Waals surface area contributed by atoms with Gasteiger partial charge in [0, 0.05) is 12.0 Å². The molecule has 0 spiro atoms. The Kier molecular flexibility index (Phi) is 4.32. The molecule has 0 N–H and O–H groups in total. The van der Waals surface area contributed by atoms with E-state index in [0.717, 1.165) is 19.0 Å². The number of nitrogens with zero attached hydrogens (tertiary/aromatic N) is 1. The second-order valence-electron chi connectivity index (χ2n) is 5.82. The summed E-state index contributed by atoms with van der Waals surface area (Å²) in [7, 11) is 0. The third kappa shape index (κ3) is 3.94. The highest BCUT2D eigenvalue weighted by Crippen LogP contribution is 2.21. The lowest BCUT2D eigenvalue weighted by atomic mass is 9.89. The van der Waals surface area contributed by atoms with Crippen molar-refractivity contribution in [1.82, 2.24) is 4.90 Å². The molecule has 1 heterocycles. The van der Waals surface area contributed by atoms with Gasteiger partial charge in [0.05, 0.1) is 6.54 Å². The van der Waals surface area contributed by atoms with Crippen molar-refractivity contribution in [2.75, 3.05) is 19.6 Å². The lowest BCUT2D eigenvalue weighted by molar-refractivity contribution is -0.127. The standard InChI is InChI=1S/C13H25NO/c1-5-11-7-6-8-14(9-11)10-12(15)13(2,3)4/h11H,5-10H2,1-4H3. The zero-order valence-electron chi connectivity index (χ0n) is 10.7. The Bertz CT molecular complexity index is 217. The van der Waals surface area contributed by atoms with E-state index in [-0.39, 0.29) is 5.41 Å². The van der Waals surface area contributed by atoms with Gasteiger partial charge in [-0.2, -0.15) is 0 Å². The van der Waals surface area contributed by atoms with Crippen LogP contribution < -0.4 is 0 Å². The number of hydrogen-bond donors (Lipinski definition) is 0. The van der Waals surface area contributed by atoms with Crippen molar-refractivity contribution in [3.05, 3.63) is 0 Å². The van der Waals surface area contributed by atoms with Crippen molar-refractivity contribution in [3.8, 4) is 0 Å². The molecule has 0 bridgehead atoms. The van der Waals surface area contributed by atoms with Gasteiger partial charge in [0.25, 0.3) is 0 Å². The Morgan fingerprint density at radius 1 is 1.40 bits per heavy atom. The molecule has 0 aromatic carbocycles. The van der Waals surface area contributed by atoms with Crippen LogP contribution in [-0.2, 0) is 4.79 Å². The molecule has 1 aliphatic heterocycles. The van der Waals surface area contributed by atoms with Crippen molar-refractivity contribution >= 4 is 5.78 Å². The Hall–Kier alpha value is -0.370. The van der Waals surface area contributed by atoms with Crippen molar-refractivity contribution in [2.45, 2.75) is 47.0 Å². The molecule has 0 aromatic heterocycles. The van der Waals surface area contributed by atoms with Crippen LogP contribution in [0.2, 0.25) is 0 Å². The van der Waals surface area contributed by atoms with Crippen LogP contribution in [0, 0.1) is 11.3 Å². The normalized spacial score (nSPS) is 24.1. The first kappa shape index (κ1) is 12.7. The first-order chi connectivity index (χ1) is 6.93. The molecule has 88 valence electrons. The summed E-state index contributed by atoms with van der Waals surface area (Å²) in [5.41, 5.74) is -0.181. The van der Waals surface area contributed by atoms with Gasteiger partial charge in [0.1, 0.15) is 0 Å². The summed E-state index contributed by atoms with van der Waals surface area (Å²) in [6, 6.07) is 0. The van der Waals surface area contributed by atoms with Gasteiger partial charge in [-0.25, -0.2) is 0 Å². The summed E-state index contributed by atoms with van der Waals surface area (Å²) in [4.78, 5) is 14.2. The van der Waals surface area contributed by atoms with Crippen LogP contribution in [0.25, 0.3) is 0 Å². The minimum atomic E-state index is -0.181. The summed E-state index contributed by atoms with van der Waals surface area (Å²) >= 11 is 0. The summed E-state index contributed by atoms with van der Waals surface area (Å²) in [6.45, 7) is 11.2. The Morgan fingerprint density at radius 3 is 2.60 bits per heavy atom. The number of carbonyl (C=O) groups is 1. The number of hydrogen-bond acceptors (Lipinski definition) is 2. The molecule has 1 aliphatic rings. The Labute approximate surface area is 94.0 Å². The van der Waals surface area contributed by atoms with Crippen molar-refractivity contribution in [3.63, 3.8) is 0 Å². The van der Waals surface area contributed by atoms with Gasteiger partial charge in [-0.05, 0) is 25.3 Å². The molecule has 0 radical (unpaired) electrons. The van der Waals surface area contributed by atoms with Gasteiger partial charge in [-0.15, -0.1) is 0 Å². The van der Waals surface area contributed by atoms with E-state index in [1.54, 1.807) is 0 Å². The molecule has 2 nitrogen and oxygen atoms in total. The fraction of sp³-hybridized carbons (Fsp3) is 0.923. The van der Waals surface area contributed by atoms with Crippen LogP contribution in [-0.4, -0.2) is 30.3 Å². The predicted octanol–water partition coefficient (Wildman–Crippen LogP) is 2.72. The van der Waals surface area contributed by atoms with E-state index in [9.17, 15) is 4.79 Å². The second-order valence-corrected chi connectivity index (χ2v) is 5.82. The zero-order chi connectivity index (χ0) is 11.5. The minimum Gasteiger partial charge on any atom is -0.298 e. The van der Waals surface area contributed by atoms with Crippen molar-refractivity contribution < 1.29 is 4.79 Å². The van der Waals surface area contributed by atoms with Crippen LogP contribution in [0.1, 0.15) is 47.0 Å². The molecule has 0 amide bonds. The minimum absolute atomic E-state index is 0.181. The first-order valence-corrected chi connectivity index (χ1v) is 6.19. The summed E-state index contributed by atoms with van der Waals surface area (Å²) < 4.78 is 0. The molecule has 1 rings (SSSR count). The van der Waals surface area contributed by atoms with Crippen LogP contribution >= 0.6 is 0 Å². The molecule has 2 heteroatoms. The van der Waals surface area contributed by atoms with Crippen LogP contribution in [0.3, 0.4) is 0 Å². The number of rotatable bonds is 3. The van der Waals surface area contributed by atoms with E-state index >= 15 is 0 Å². The van der Waals surface area contributed by atoms with E-state index in [1.165, 1.54) is 19.3 Å². The van der Waals surface area contributed by atoms with E-state index < -0.39 is 0 Å². The molecule has 1 saturated heterocycles. The van der Waals surface area contributed by atoms with Gasteiger partial charge in [-0.1, -0.05) is 34.1 Å². The average Bonchev–Trinajstić information content (AvgIpc) is 2.16. The van der Waals surface area contributed by atoms with Crippen LogP contribution in [0.5, 0.6) is 0 Å². The van der Waals surface area contributed by atoms with Gasteiger partial charge in [-0.3, -0.25) is 9.69 Å². The van der Waals surface area contributed by atoms with Crippen LogP contribution in [0.15, 0.2) is 0 Å². The average molecular weight is 211 g/mol. The molecular formula is C13H25NO. The van der Waals surface area contributed by atoms with Crippen molar-refractivity contribution in [2.24, 2.45) is 11.3 Å². The maximum absolute atomic E-state index is 11.9. The molecule has 1 fully saturated rings. The SMILES string of the molecule is CCC1CCCN(CC(=O)C(C)(C)C)C1. The highest BCUT2D eigenvalue weighted by Gasteiger charge is 2.26. The number of piperidine rings is 1. The van der Waals surface area contributed by atoms with Gasteiger partial charge in [0.15, 0.2) is 5.78 Å². The maximum atomic E-state index is 11.9. The fourth-order valence-electron chi connectivity index (χ4n) is 2.07. The molecule has 0 saturated carbocycles. The highest BCUT2D eigenvalue weighted by atomic mass is 16.1. The summed E-state index contributed by atoms with van der Waals surface area (Å²) in [5, 5.41) is 0. The highest BCUT2D eigenvalue weighted by molar-refractivity contribution is 5.85. The quantitative estimate of drug-likeness (QED) is 0.715. The lowest BCUT2D eigenvalue weighted by Crippen LogP contribution is -2.41. The predicted molar refractivity (Wildman–Crippen MR) is 63.9 cm³/mol. The molecule has 15 heavy (non-hydrogen) atoms. The summed E-state index contributed by atoms with van der Waals surface area (Å²) in [6.07, 6.45) is 3.85. The number of likely N-dealkylation sites (tertiary alicyclic amines) is 1. The van der Waals surface area contributed by atoms with E-state index in [4.69, 9.17) is 0 Å². The molecule has 1 atom stereocenters. The Morgan fingerprint density at radius 2 is 2.07 bits per heavy atom. The van der Waals surface area contributed by atoms with E-state index in [0.29, 0.717) is 12.3 Å². The van der Waals surface area contributed by atoms with Gasteiger partial charge in [0.2, 0.25) is 0 Å². The lowest BCUT2D eigenvalue weighted by Gasteiger charge is -2.33. The fourth-order valence-corrected chi connectivity index (χ4v) is 2.07. The third-order valence-electron chi connectivity index (χ3n) is 3.38. The zero-order valence-corrected chi connectivity index (χ0v) is 10.7. The van der Waals surface area contributed by atoms with Crippen molar-refractivity contribution in [1.29, 1.82) is 0 Å². The maximum Gasteiger partial charge on any atom is 0.152 e. The van der Waals surface area contributed by atoms with Gasteiger partial charge < -0.3 is 0 Å². The topological polar surface area (TPSA) is 20.3 Å². The second kappa shape index (κ2) is 5.11. The van der Waals surface area contributed by atoms with E-state index in [2.05, 4.69) is 11.8 Å². The third-order valence-corrected chi connectivity index (χ3v) is 3.38.